The number of hydrogen-bond acceptors (Lipinski definition) is 4. The largest absolute Gasteiger partial charge is 0.444 e. The number of carbonyl (C=O) groups is 1. The minimum Gasteiger partial charge on any atom is -0.444 e. The molecular formula is C12H15Cl2NO4. The number of rotatable bonds is 6. The van der Waals surface area contributed by atoms with Crippen LogP contribution in [-0.4, -0.2) is 26.1 Å². The number of primary amides is 1. The number of ether oxygens (including phenoxy) is 3. The molecule has 0 bridgehead atoms. The molecule has 2 atom stereocenters. The summed E-state index contributed by atoms with van der Waals surface area (Å²) in [6, 6.07) is 5.11. The van der Waals surface area contributed by atoms with E-state index in [-0.39, 0.29) is 6.79 Å². The van der Waals surface area contributed by atoms with E-state index in [4.69, 9.17) is 43.1 Å². The second-order valence-electron chi connectivity index (χ2n) is 3.78. The summed E-state index contributed by atoms with van der Waals surface area (Å²) >= 11 is 12.1. The summed E-state index contributed by atoms with van der Waals surface area (Å²) in [4.78, 5) is 10.8. The van der Waals surface area contributed by atoms with Gasteiger partial charge in [0.2, 0.25) is 0 Å². The highest BCUT2D eigenvalue weighted by Crippen LogP contribution is 2.34. The molecule has 0 aliphatic rings. The fourth-order valence-electron chi connectivity index (χ4n) is 1.60. The van der Waals surface area contributed by atoms with Crippen LogP contribution in [0.15, 0.2) is 18.2 Å². The Morgan fingerprint density at radius 1 is 1.42 bits per heavy atom. The minimum atomic E-state index is -0.892. The first-order valence-electron chi connectivity index (χ1n) is 5.48. The zero-order valence-corrected chi connectivity index (χ0v) is 12.1. The van der Waals surface area contributed by atoms with Crippen molar-refractivity contribution < 1.29 is 19.0 Å². The Hall–Kier alpha value is -1.01. The maximum absolute atomic E-state index is 10.8. The molecule has 0 fully saturated rings. The summed E-state index contributed by atoms with van der Waals surface area (Å²) in [7, 11) is 1.48. The molecule has 1 aromatic carbocycles. The van der Waals surface area contributed by atoms with E-state index in [0.29, 0.717) is 15.6 Å². The van der Waals surface area contributed by atoms with Gasteiger partial charge < -0.3 is 19.9 Å². The van der Waals surface area contributed by atoms with E-state index >= 15 is 0 Å². The highest BCUT2D eigenvalue weighted by Gasteiger charge is 2.26. The molecule has 0 saturated heterocycles. The Balaban J connectivity index is 3.01. The van der Waals surface area contributed by atoms with Crippen molar-refractivity contribution in [3.05, 3.63) is 33.8 Å². The first-order chi connectivity index (χ1) is 8.97. The molecule has 1 aromatic rings. The normalized spacial score (nSPS) is 13.9. The number of hydrogen-bond donors (Lipinski definition) is 1. The first kappa shape index (κ1) is 16.0. The number of nitrogens with two attached hydrogens (primary N) is 1. The standard InChI is InChI=1S/C12H15Cl2NO4/c1-7(19-12(15)16)11(18-6-17-2)8-4-3-5-9(13)10(8)14/h3-5,7,11H,6H2,1-2H3,(H2,15,16)/t7-,11+/m0/s1. The van der Waals surface area contributed by atoms with Crippen molar-refractivity contribution in [2.45, 2.75) is 19.1 Å². The summed E-state index contributed by atoms with van der Waals surface area (Å²) in [6.07, 6.45) is -2.15. The lowest BCUT2D eigenvalue weighted by atomic mass is 10.1. The van der Waals surface area contributed by atoms with Gasteiger partial charge in [-0.25, -0.2) is 4.79 Å². The SMILES string of the molecule is COCO[C@@H](c1cccc(Cl)c1Cl)[C@H](C)OC(N)=O. The van der Waals surface area contributed by atoms with E-state index < -0.39 is 18.3 Å². The molecule has 0 radical (unpaired) electrons. The topological polar surface area (TPSA) is 70.8 Å². The van der Waals surface area contributed by atoms with Gasteiger partial charge in [0.15, 0.2) is 0 Å². The molecule has 0 saturated carbocycles. The highest BCUT2D eigenvalue weighted by atomic mass is 35.5. The Morgan fingerprint density at radius 2 is 2.11 bits per heavy atom. The Kier molecular flexibility index (Phi) is 6.37. The van der Waals surface area contributed by atoms with Crippen molar-refractivity contribution >= 4 is 29.3 Å². The molecule has 5 nitrogen and oxygen atoms in total. The Bertz CT molecular complexity index is 442. The van der Waals surface area contributed by atoms with Gasteiger partial charge in [0, 0.05) is 12.7 Å². The smallest absolute Gasteiger partial charge is 0.404 e. The van der Waals surface area contributed by atoms with Crippen LogP contribution in [-0.2, 0) is 14.2 Å². The van der Waals surface area contributed by atoms with Crippen LogP contribution in [0.1, 0.15) is 18.6 Å². The van der Waals surface area contributed by atoms with Crippen molar-refractivity contribution in [2.75, 3.05) is 13.9 Å². The molecule has 0 aliphatic heterocycles. The molecule has 1 rings (SSSR count). The van der Waals surface area contributed by atoms with Crippen molar-refractivity contribution in [1.82, 2.24) is 0 Å². The summed E-state index contributed by atoms with van der Waals surface area (Å²) in [5.41, 5.74) is 5.60. The summed E-state index contributed by atoms with van der Waals surface area (Å²) < 4.78 is 15.2. The molecule has 0 unspecified atom stereocenters. The van der Waals surface area contributed by atoms with Gasteiger partial charge in [0.05, 0.1) is 10.0 Å². The van der Waals surface area contributed by atoms with Gasteiger partial charge >= 0.3 is 6.09 Å². The summed E-state index contributed by atoms with van der Waals surface area (Å²) in [5, 5.41) is 0.724. The van der Waals surface area contributed by atoms with E-state index in [0.717, 1.165) is 0 Å². The third kappa shape index (κ3) is 4.54. The Labute approximate surface area is 121 Å². The predicted octanol–water partition coefficient (Wildman–Crippen LogP) is 3.14. The molecule has 19 heavy (non-hydrogen) atoms. The molecule has 0 aliphatic carbocycles. The highest BCUT2D eigenvalue weighted by molar-refractivity contribution is 6.42. The van der Waals surface area contributed by atoms with Gasteiger partial charge in [-0.3, -0.25) is 0 Å². The number of methoxy groups -OCH3 is 1. The maximum Gasteiger partial charge on any atom is 0.404 e. The van der Waals surface area contributed by atoms with E-state index in [1.807, 2.05) is 0 Å². The van der Waals surface area contributed by atoms with E-state index in [9.17, 15) is 4.79 Å². The second-order valence-corrected chi connectivity index (χ2v) is 4.56. The molecular weight excluding hydrogens is 293 g/mol. The van der Waals surface area contributed by atoms with Gasteiger partial charge in [-0.1, -0.05) is 35.3 Å². The monoisotopic (exact) mass is 307 g/mol. The van der Waals surface area contributed by atoms with Crippen molar-refractivity contribution in [3.8, 4) is 0 Å². The van der Waals surface area contributed by atoms with Crippen LogP contribution in [0.25, 0.3) is 0 Å². The first-order valence-corrected chi connectivity index (χ1v) is 6.23. The number of amides is 1. The lowest BCUT2D eigenvalue weighted by molar-refractivity contribution is -0.111. The summed E-state index contributed by atoms with van der Waals surface area (Å²) in [5.74, 6) is 0. The third-order valence-electron chi connectivity index (χ3n) is 2.38. The molecule has 0 spiro atoms. The van der Waals surface area contributed by atoms with Gasteiger partial charge in [-0.2, -0.15) is 0 Å². The van der Waals surface area contributed by atoms with Crippen LogP contribution in [0, 0.1) is 0 Å². The van der Waals surface area contributed by atoms with Gasteiger partial charge in [-0.15, -0.1) is 0 Å². The minimum absolute atomic E-state index is 0.0139. The van der Waals surface area contributed by atoms with Crippen molar-refractivity contribution in [2.24, 2.45) is 5.73 Å². The average Bonchev–Trinajstić information content (AvgIpc) is 2.33. The lowest BCUT2D eigenvalue weighted by Crippen LogP contribution is -2.28. The Morgan fingerprint density at radius 3 is 2.68 bits per heavy atom. The summed E-state index contributed by atoms with van der Waals surface area (Å²) in [6.45, 7) is 1.66. The second kappa shape index (κ2) is 7.55. The van der Waals surface area contributed by atoms with Gasteiger partial charge in [0.25, 0.3) is 0 Å². The molecule has 0 heterocycles. The molecule has 7 heteroatoms. The van der Waals surface area contributed by atoms with Crippen LogP contribution in [0.2, 0.25) is 10.0 Å². The maximum atomic E-state index is 10.8. The predicted molar refractivity (Wildman–Crippen MR) is 72.3 cm³/mol. The number of halogens is 2. The van der Waals surface area contributed by atoms with Gasteiger partial charge in [0.1, 0.15) is 19.0 Å². The van der Waals surface area contributed by atoms with Crippen molar-refractivity contribution in [3.63, 3.8) is 0 Å². The van der Waals surface area contributed by atoms with Crippen LogP contribution in [0.5, 0.6) is 0 Å². The van der Waals surface area contributed by atoms with Crippen LogP contribution in [0.3, 0.4) is 0 Å². The third-order valence-corrected chi connectivity index (χ3v) is 3.22. The van der Waals surface area contributed by atoms with Crippen LogP contribution >= 0.6 is 23.2 Å². The van der Waals surface area contributed by atoms with Gasteiger partial charge in [-0.05, 0) is 13.0 Å². The average molecular weight is 308 g/mol. The van der Waals surface area contributed by atoms with E-state index in [2.05, 4.69) is 0 Å². The number of benzene rings is 1. The zero-order valence-electron chi connectivity index (χ0n) is 10.6. The quantitative estimate of drug-likeness (QED) is 0.820. The zero-order chi connectivity index (χ0) is 14.4. The van der Waals surface area contributed by atoms with E-state index in [1.165, 1.54) is 7.11 Å². The number of carbonyl (C=O) groups excluding carboxylic acids is 1. The van der Waals surface area contributed by atoms with E-state index in [1.54, 1.807) is 25.1 Å². The molecule has 0 aromatic heterocycles. The lowest BCUT2D eigenvalue weighted by Gasteiger charge is -2.24. The fourth-order valence-corrected chi connectivity index (χ4v) is 2.02. The van der Waals surface area contributed by atoms with Crippen LogP contribution < -0.4 is 5.73 Å². The van der Waals surface area contributed by atoms with Crippen molar-refractivity contribution in [1.29, 1.82) is 0 Å². The fraction of sp³-hybridized carbons (Fsp3) is 0.417. The molecule has 106 valence electrons. The van der Waals surface area contributed by atoms with Crippen LogP contribution in [0.4, 0.5) is 4.79 Å². The molecule has 1 amide bonds. The molecule has 2 N–H and O–H groups in total.